The highest BCUT2D eigenvalue weighted by atomic mass is 79.9. The van der Waals surface area contributed by atoms with Gasteiger partial charge < -0.3 is 14.8 Å². The van der Waals surface area contributed by atoms with Gasteiger partial charge in [0.05, 0.1) is 25.9 Å². The molecule has 2 rings (SSSR count). The lowest BCUT2D eigenvalue weighted by Crippen LogP contribution is -2.06. The maximum Gasteiger partial charge on any atom is 0.142 e. The van der Waals surface area contributed by atoms with Gasteiger partial charge in [0.1, 0.15) is 11.5 Å². The van der Waals surface area contributed by atoms with Crippen LogP contribution in [0.3, 0.4) is 0 Å². The number of anilines is 1. The third-order valence-electron chi connectivity index (χ3n) is 2.82. The van der Waals surface area contributed by atoms with Gasteiger partial charge in [-0.15, -0.1) is 11.3 Å². The van der Waals surface area contributed by atoms with Crippen molar-refractivity contribution in [2.24, 2.45) is 0 Å². The highest BCUT2D eigenvalue weighted by molar-refractivity contribution is 9.10. The number of benzene rings is 1. The molecule has 0 aliphatic carbocycles. The fraction of sp³-hybridized carbons (Fsp3) is 0.286. The first-order valence-electron chi connectivity index (χ1n) is 5.87. The molecule has 0 spiro atoms. The van der Waals surface area contributed by atoms with Crippen LogP contribution in [0.15, 0.2) is 34.1 Å². The van der Waals surface area contributed by atoms with Gasteiger partial charge in [-0.05, 0) is 46.4 Å². The summed E-state index contributed by atoms with van der Waals surface area (Å²) in [5.41, 5.74) is 0.926. The van der Waals surface area contributed by atoms with Crippen LogP contribution in [0.25, 0.3) is 0 Å². The molecule has 1 atom stereocenters. The van der Waals surface area contributed by atoms with Gasteiger partial charge in [-0.25, -0.2) is 0 Å². The van der Waals surface area contributed by atoms with Crippen LogP contribution in [0.4, 0.5) is 5.69 Å². The molecule has 0 aliphatic heterocycles. The minimum absolute atomic E-state index is 0.190. The molecule has 1 N–H and O–H groups in total. The van der Waals surface area contributed by atoms with E-state index < -0.39 is 0 Å². The monoisotopic (exact) mass is 341 g/mol. The van der Waals surface area contributed by atoms with Gasteiger partial charge in [-0.3, -0.25) is 0 Å². The first-order chi connectivity index (χ1) is 9.15. The van der Waals surface area contributed by atoms with E-state index in [2.05, 4.69) is 39.6 Å². The third-order valence-corrected chi connectivity index (χ3v) is 4.87. The minimum Gasteiger partial charge on any atom is -0.497 e. The lowest BCUT2D eigenvalue weighted by Gasteiger charge is -2.17. The van der Waals surface area contributed by atoms with E-state index in [1.165, 1.54) is 4.88 Å². The molecule has 19 heavy (non-hydrogen) atoms. The smallest absolute Gasteiger partial charge is 0.142 e. The van der Waals surface area contributed by atoms with Crippen molar-refractivity contribution < 1.29 is 9.47 Å². The number of rotatable bonds is 5. The molecule has 0 radical (unpaired) electrons. The van der Waals surface area contributed by atoms with Crippen molar-refractivity contribution in [2.75, 3.05) is 19.5 Å². The molecular formula is C14H16BrNO2S. The molecule has 0 saturated carbocycles. The Morgan fingerprint density at radius 2 is 2.00 bits per heavy atom. The maximum absolute atomic E-state index is 5.37. The summed E-state index contributed by atoms with van der Waals surface area (Å²) in [5, 5.41) is 5.52. The first kappa shape index (κ1) is 14.2. The van der Waals surface area contributed by atoms with Crippen molar-refractivity contribution >= 4 is 33.0 Å². The second-order valence-corrected chi connectivity index (χ2v) is 5.87. The summed E-state index contributed by atoms with van der Waals surface area (Å²) < 4.78 is 11.7. The largest absolute Gasteiger partial charge is 0.497 e. The van der Waals surface area contributed by atoms with Crippen LogP contribution in [0, 0.1) is 0 Å². The number of hydrogen-bond donors (Lipinski definition) is 1. The lowest BCUT2D eigenvalue weighted by molar-refractivity contribution is 0.404. The van der Waals surface area contributed by atoms with E-state index in [0.29, 0.717) is 0 Å². The van der Waals surface area contributed by atoms with Gasteiger partial charge in [0, 0.05) is 15.4 Å². The molecule has 5 heteroatoms. The number of ether oxygens (including phenoxy) is 2. The quantitative estimate of drug-likeness (QED) is 0.854. The maximum atomic E-state index is 5.37. The summed E-state index contributed by atoms with van der Waals surface area (Å²) in [6.07, 6.45) is 0. The molecule has 0 fully saturated rings. The zero-order chi connectivity index (χ0) is 13.8. The minimum atomic E-state index is 0.190. The second kappa shape index (κ2) is 6.30. The van der Waals surface area contributed by atoms with Gasteiger partial charge in [-0.1, -0.05) is 0 Å². The van der Waals surface area contributed by atoms with E-state index in [0.717, 1.165) is 21.7 Å². The Morgan fingerprint density at radius 3 is 2.58 bits per heavy atom. The van der Waals surface area contributed by atoms with Gasteiger partial charge >= 0.3 is 0 Å². The second-order valence-electron chi connectivity index (χ2n) is 4.07. The Labute approximate surface area is 125 Å². The first-order valence-corrected chi connectivity index (χ1v) is 7.54. The summed E-state index contributed by atoms with van der Waals surface area (Å²) in [7, 11) is 3.32. The van der Waals surface area contributed by atoms with E-state index in [1.807, 2.05) is 18.2 Å². The fourth-order valence-electron chi connectivity index (χ4n) is 1.84. The van der Waals surface area contributed by atoms with Crippen molar-refractivity contribution in [3.8, 4) is 11.5 Å². The fourth-order valence-corrected chi connectivity index (χ4v) is 3.57. The molecule has 2 aromatic rings. The molecule has 1 aromatic carbocycles. The van der Waals surface area contributed by atoms with Gasteiger partial charge in [-0.2, -0.15) is 0 Å². The highest BCUT2D eigenvalue weighted by Gasteiger charge is 2.13. The molecule has 1 heterocycles. The highest BCUT2D eigenvalue weighted by Crippen LogP contribution is 2.35. The van der Waals surface area contributed by atoms with E-state index in [4.69, 9.17) is 9.47 Å². The van der Waals surface area contributed by atoms with Crippen LogP contribution in [-0.4, -0.2) is 14.2 Å². The zero-order valence-electron chi connectivity index (χ0n) is 11.1. The van der Waals surface area contributed by atoms with E-state index in [-0.39, 0.29) is 6.04 Å². The van der Waals surface area contributed by atoms with Crippen LogP contribution in [0.5, 0.6) is 11.5 Å². The average Bonchev–Trinajstić information content (AvgIpc) is 2.85. The molecule has 0 amide bonds. The molecular weight excluding hydrogens is 326 g/mol. The van der Waals surface area contributed by atoms with Gasteiger partial charge in [0.15, 0.2) is 0 Å². The van der Waals surface area contributed by atoms with E-state index in [9.17, 15) is 0 Å². The van der Waals surface area contributed by atoms with Crippen LogP contribution in [0.1, 0.15) is 17.8 Å². The molecule has 102 valence electrons. The topological polar surface area (TPSA) is 30.5 Å². The lowest BCUT2D eigenvalue weighted by atomic mass is 10.2. The normalized spacial score (nSPS) is 12.0. The molecule has 1 unspecified atom stereocenters. The molecule has 3 nitrogen and oxygen atoms in total. The van der Waals surface area contributed by atoms with Gasteiger partial charge in [0.25, 0.3) is 0 Å². The number of nitrogens with one attached hydrogen (secondary N) is 1. The van der Waals surface area contributed by atoms with Crippen molar-refractivity contribution in [3.63, 3.8) is 0 Å². The summed E-state index contributed by atoms with van der Waals surface area (Å²) in [6.45, 7) is 2.12. The molecule has 0 aliphatic rings. The van der Waals surface area contributed by atoms with Crippen molar-refractivity contribution in [1.29, 1.82) is 0 Å². The van der Waals surface area contributed by atoms with Crippen LogP contribution >= 0.6 is 27.3 Å². The van der Waals surface area contributed by atoms with Crippen LogP contribution < -0.4 is 14.8 Å². The molecule has 0 bridgehead atoms. The third kappa shape index (κ3) is 3.22. The SMILES string of the molecule is COc1ccc(OC)c(NC(C)c2sccc2Br)c1. The Balaban J connectivity index is 2.24. The van der Waals surface area contributed by atoms with Crippen LogP contribution in [-0.2, 0) is 0 Å². The van der Waals surface area contributed by atoms with Crippen molar-refractivity contribution in [2.45, 2.75) is 13.0 Å². The number of methoxy groups -OCH3 is 2. The van der Waals surface area contributed by atoms with Crippen molar-refractivity contribution in [3.05, 3.63) is 39.0 Å². The van der Waals surface area contributed by atoms with Crippen molar-refractivity contribution in [1.82, 2.24) is 0 Å². The summed E-state index contributed by atoms with van der Waals surface area (Å²) in [6, 6.07) is 7.97. The van der Waals surface area contributed by atoms with Gasteiger partial charge in [0.2, 0.25) is 0 Å². The summed E-state index contributed by atoms with van der Waals surface area (Å²) in [5.74, 6) is 1.61. The predicted octanol–water partition coefficient (Wildman–Crippen LogP) is 4.70. The van der Waals surface area contributed by atoms with E-state index in [1.54, 1.807) is 25.6 Å². The summed E-state index contributed by atoms with van der Waals surface area (Å²) in [4.78, 5) is 1.25. The Kier molecular flexibility index (Phi) is 4.71. The van der Waals surface area contributed by atoms with Crippen LogP contribution in [0.2, 0.25) is 0 Å². The number of halogens is 1. The number of hydrogen-bond acceptors (Lipinski definition) is 4. The standard InChI is InChI=1S/C14H16BrNO2S/c1-9(14-11(15)6-7-19-14)16-12-8-10(17-2)4-5-13(12)18-3/h4-9,16H,1-3H3. The average molecular weight is 342 g/mol. The molecule has 0 saturated heterocycles. The Bertz CT molecular complexity index is 556. The predicted molar refractivity (Wildman–Crippen MR) is 83.6 cm³/mol. The zero-order valence-corrected chi connectivity index (χ0v) is 13.5. The number of thiophene rings is 1. The Morgan fingerprint density at radius 1 is 1.21 bits per heavy atom. The Hall–Kier alpha value is -1.20. The summed E-state index contributed by atoms with van der Waals surface area (Å²) >= 11 is 5.28. The molecule has 1 aromatic heterocycles. The van der Waals surface area contributed by atoms with E-state index >= 15 is 0 Å².